The second-order valence-electron chi connectivity index (χ2n) is 9.61. The van der Waals surface area contributed by atoms with Gasteiger partial charge in [-0.2, -0.15) is 4.31 Å². The zero-order chi connectivity index (χ0) is 28.8. The molecule has 1 heterocycles. The molecule has 0 aliphatic carbocycles. The Morgan fingerprint density at radius 2 is 1.37 bits per heavy atom. The first-order valence-electron chi connectivity index (χ1n) is 13.1. The molecular formula is C31H29BrN4O3S2. The van der Waals surface area contributed by atoms with Gasteiger partial charge in [0.1, 0.15) is 0 Å². The molecule has 7 nitrogen and oxygen atoms in total. The molecule has 1 aliphatic heterocycles. The van der Waals surface area contributed by atoms with Gasteiger partial charge in [-0.3, -0.25) is 15.0 Å². The number of amides is 1. The molecule has 1 fully saturated rings. The van der Waals surface area contributed by atoms with Crippen LogP contribution in [0.1, 0.15) is 27.5 Å². The topological polar surface area (TPSA) is 81.8 Å². The van der Waals surface area contributed by atoms with Crippen LogP contribution in [0.4, 0.5) is 5.69 Å². The van der Waals surface area contributed by atoms with Gasteiger partial charge in [0, 0.05) is 41.9 Å². The van der Waals surface area contributed by atoms with E-state index in [-0.39, 0.29) is 22.0 Å². The molecule has 4 aromatic rings. The lowest BCUT2D eigenvalue weighted by Gasteiger charge is -2.39. The molecule has 10 heteroatoms. The van der Waals surface area contributed by atoms with E-state index in [1.807, 2.05) is 42.5 Å². The van der Waals surface area contributed by atoms with E-state index in [2.05, 4.69) is 55.7 Å². The van der Waals surface area contributed by atoms with Crippen molar-refractivity contribution in [3.63, 3.8) is 0 Å². The molecule has 41 heavy (non-hydrogen) atoms. The molecule has 5 rings (SSSR count). The standard InChI is InChI=1S/C31H29BrN4O3S2/c32-26-13-7-12-25(22-26)30(37)34-31(40)33-27-14-16-28(17-15-27)41(38,39)36-20-18-35(19-21-36)29(23-8-3-1-4-9-23)24-10-5-2-6-11-24/h1-17,22,29H,18-21H2,(H2,33,34,37,40). The van der Waals surface area contributed by atoms with Crippen LogP contribution >= 0.6 is 28.1 Å². The Kier molecular flexibility index (Phi) is 9.26. The average Bonchev–Trinajstić information content (AvgIpc) is 2.99. The lowest BCUT2D eigenvalue weighted by Crippen LogP contribution is -2.49. The number of sulfonamides is 1. The van der Waals surface area contributed by atoms with Gasteiger partial charge in [-0.25, -0.2) is 8.42 Å². The summed E-state index contributed by atoms with van der Waals surface area (Å²) in [5, 5.41) is 5.69. The molecule has 4 aromatic carbocycles. The number of carbonyl (C=O) groups excluding carboxylic acids is 1. The molecule has 0 spiro atoms. The van der Waals surface area contributed by atoms with Gasteiger partial charge >= 0.3 is 0 Å². The third-order valence-electron chi connectivity index (χ3n) is 6.93. The minimum absolute atomic E-state index is 0.0559. The number of nitrogens with zero attached hydrogens (tertiary/aromatic N) is 2. The molecule has 0 bridgehead atoms. The van der Waals surface area contributed by atoms with Crippen LogP contribution in [-0.2, 0) is 10.0 Å². The summed E-state index contributed by atoms with van der Waals surface area (Å²) in [5.41, 5.74) is 3.40. The zero-order valence-corrected chi connectivity index (χ0v) is 25.3. The van der Waals surface area contributed by atoms with Crippen molar-refractivity contribution in [1.82, 2.24) is 14.5 Å². The van der Waals surface area contributed by atoms with E-state index in [0.29, 0.717) is 37.4 Å². The smallest absolute Gasteiger partial charge is 0.257 e. The highest BCUT2D eigenvalue weighted by molar-refractivity contribution is 9.10. The summed E-state index contributed by atoms with van der Waals surface area (Å²) in [6.45, 7) is 2.01. The second kappa shape index (κ2) is 13.1. The summed E-state index contributed by atoms with van der Waals surface area (Å²) in [7, 11) is -3.67. The number of piperazine rings is 1. The molecule has 1 saturated heterocycles. The van der Waals surface area contributed by atoms with Crippen molar-refractivity contribution in [3.05, 3.63) is 130 Å². The van der Waals surface area contributed by atoms with E-state index in [0.717, 1.165) is 4.47 Å². The Balaban J connectivity index is 1.21. The molecule has 0 aromatic heterocycles. The zero-order valence-electron chi connectivity index (χ0n) is 22.1. The predicted octanol–water partition coefficient (Wildman–Crippen LogP) is 5.67. The van der Waals surface area contributed by atoms with E-state index in [1.165, 1.54) is 11.1 Å². The van der Waals surface area contributed by atoms with E-state index in [1.54, 1.807) is 46.8 Å². The van der Waals surface area contributed by atoms with Crippen LogP contribution in [0.3, 0.4) is 0 Å². The van der Waals surface area contributed by atoms with Gasteiger partial charge in [0.15, 0.2) is 5.11 Å². The number of thiocarbonyl (C=S) groups is 1. The first-order chi connectivity index (χ1) is 19.8. The van der Waals surface area contributed by atoms with Gasteiger partial charge in [-0.15, -0.1) is 0 Å². The maximum Gasteiger partial charge on any atom is 0.257 e. The average molecular weight is 650 g/mol. The normalized spacial score (nSPS) is 14.5. The Labute approximate surface area is 254 Å². The summed E-state index contributed by atoms with van der Waals surface area (Å²) >= 11 is 8.62. The second-order valence-corrected chi connectivity index (χ2v) is 12.9. The molecule has 0 atom stereocenters. The highest BCUT2D eigenvalue weighted by Crippen LogP contribution is 2.30. The first kappa shape index (κ1) is 29.1. The van der Waals surface area contributed by atoms with E-state index in [4.69, 9.17) is 12.2 Å². The predicted molar refractivity (Wildman–Crippen MR) is 169 cm³/mol. The lowest BCUT2D eigenvalue weighted by molar-refractivity contribution is 0.0977. The Bertz CT molecular complexity index is 1570. The highest BCUT2D eigenvalue weighted by atomic mass is 79.9. The lowest BCUT2D eigenvalue weighted by atomic mass is 9.96. The van der Waals surface area contributed by atoms with Crippen LogP contribution in [0.15, 0.2) is 119 Å². The minimum Gasteiger partial charge on any atom is -0.332 e. The van der Waals surface area contributed by atoms with Crippen molar-refractivity contribution < 1.29 is 13.2 Å². The monoisotopic (exact) mass is 648 g/mol. The molecule has 0 saturated carbocycles. The Hall–Kier alpha value is -3.41. The SMILES string of the molecule is O=C(NC(=S)Nc1ccc(S(=O)(=O)N2CCN(C(c3ccccc3)c3ccccc3)CC2)cc1)c1cccc(Br)c1. The summed E-state index contributed by atoms with van der Waals surface area (Å²) in [6.07, 6.45) is 0. The fourth-order valence-electron chi connectivity index (χ4n) is 4.91. The maximum atomic E-state index is 13.5. The van der Waals surface area contributed by atoms with Crippen LogP contribution in [0, 0.1) is 0 Å². The van der Waals surface area contributed by atoms with Crippen molar-refractivity contribution >= 4 is 54.9 Å². The number of halogens is 1. The van der Waals surface area contributed by atoms with Crippen molar-refractivity contribution in [3.8, 4) is 0 Å². The van der Waals surface area contributed by atoms with Crippen molar-refractivity contribution in [2.75, 3.05) is 31.5 Å². The van der Waals surface area contributed by atoms with Crippen LogP contribution in [0.5, 0.6) is 0 Å². The van der Waals surface area contributed by atoms with Crippen molar-refractivity contribution in [2.45, 2.75) is 10.9 Å². The fraction of sp³-hybridized carbons (Fsp3) is 0.161. The third-order valence-corrected chi connectivity index (χ3v) is 9.54. The molecule has 2 N–H and O–H groups in total. The molecule has 210 valence electrons. The fourth-order valence-corrected chi connectivity index (χ4v) is 6.95. The first-order valence-corrected chi connectivity index (χ1v) is 15.8. The quantitative estimate of drug-likeness (QED) is 0.251. The molecular weight excluding hydrogens is 620 g/mol. The van der Waals surface area contributed by atoms with Crippen LogP contribution in [-0.4, -0.2) is 54.8 Å². The van der Waals surface area contributed by atoms with Gasteiger partial charge in [-0.05, 0) is 65.8 Å². The molecule has 1 aliphatic rings. The van der Waals surface area contributed by atoms with Crippen LogP contribution in [0.2, 0.25) is 0 Å². The van der Waals surface area contributed by atoms with Gasteiger partial charge in [-0.1, -0.05) is 82.7 Å². The van der Waals surface area contributed by atoms with Gasteiger partial charge in [0.25, 0.3) is 5.91 Å². The number of hydrogen-bond donors (Lipinski definition) is 2. The van der Waals surface area contributed by atoms with Gasteiger partial charge < -0.3 is 5.32 Å². The summed E-state index contributed by atoms with van der Waals surface area (Å²) < 4.78 is 29.3. The van der Waals surface area contributed by atoms with Crippen LogP contribution in [0.25, 0.3) is 0 Å². The third kappa shape index (κ3) is 7.09. The van der Waals surface area contributed by atoms with Crippen LogP contribution < -0.4 is 10.6 Å². The number of benzene rings is 4. The summed E-state index contributed by atoms with van der Waals surface area (Å²) in [6, 6.07) is 34.0. The Morgan fingerprint density at radius 3 is 1.93 bits per heavy atom. The number of rotatable bonds is 7. The highest BCUT2D eigenvalue weighted by Gasteiger charge is 2.32. The van der Waals surface area contributed by atoms with Crippen molar-refractivity contribution in [1.29, 1.82) is 0 Å². The van der Waals surface area contributed by atoms with Gasteiger partial charge in [0.2, 0.25) is 10.0 Å². The molecule has 0 radical (unpaired) electrons. The molecule has 0 unspecified atom stereocenters. The largest absolute Gasteiger partial charge is 0.332 e. The molecule has 1 amide bonds. The Morgan fingerprint density at radius 1 is 0.780 bits per heavy atom. The van der Waals surface area contributed by atoms with E-state index >= 15 is 0 Å². The van der Waals surface area contributed by atoms with Crippen molar-refractivity contribution in [2.24, 2.45) is 0 Å². The number of anilines is 1. The number of carbonyl (C=O) groups is 1. The number of hydrogen-bond acceptors (Lipinski definition) is 5. The summed E-state index contributed by atoms with van der Waals surface area (Å²) in [5.74, 6) is -0.344. The minimum atomic E-state index is -3.67. The van der Waals surface area contributed by atoms with E-state index in [9.17, 15) is 13.2 Å². The number of nitrogens with one attached hydrogen (secondary N) is 2. The van der Waals surface area contributed by atoms with Gasteiger partial charge in [0.05, 0.1) is 10.9 Å². The summed E-state index contributed by atoms with van der Waals surface area (Å²) in [4.78, 5) is 15.0. The maximum absolute atomic E-state index is 13.5. The van der Waals surface area contributed by atoms with E-state index < -0.39 is 10.0 Å².